The fraction of sp³-hybridized carbons (Fsp3) is 0.350. The molecular weight excluding hydrogens is 318 g/mol. The van der Waals surface area contributed by atoms with Crippen LogP contribution in [-0.4, -0.2) is 18.3 Å². The molecule has 2 aromatic carbocycles. The van der Waals surface area contributed by atoms with E-state index in [0.717, 1.165) is 29.2 Å². The van der Waals surface area contributed by atoms with Crippen LogP contribution in [0.4, 0.5) is 5.69 Å². The molecule has 24 heavy (non-hydrogen) atoms. The molecule has 0 bridgehead atoms. The second-order valence-electron chi connectivity index (χ2n) is 5.40. The highest BCUT2D eigenvalue weighted by Gasteiger charge is 2.10. The van der Waals surface area contributed by atoms with Crippen molar-refractivity contribution in [1.29, 1.82) is 0 Å². The minimum absolute atomic E-state index is 0.0319. The van der Waals surface area contributed by atoms with Crippen LogP contribution in [0.2, 0.25) is 0 Å². The quantitative estimate of drug-likeness (QED) is 0.690. The molecule has 0 saturated carbocycles. The van der Waals surface area contributed by atoms with E-state index in [9.17, 15) is 4.79 Å². The molecule has 0 aromatic heterocycles. The number of anilines is 1. The van der Waals surface area contributed by atoms with Crippen molar-refractivity contribution in [2.45, 2.75) is 38.5 Å². The number of amides is 1. The molecule has 0 fully saturated rings. The zero-order valence-electron chi connectivity index (χ0n) is 14.6. The molecule has 0 aliphatic rings. The van der Waals surface area contributed by atoms with Crippen molar-refractivity contribution < 1.29 is 9.53 Å². The van der Waals surface area contributed by atoms with Gasteiger partial charge >= 0.3 is 0 Å². The minimum atomic E-state index is 0.0319. The first-order chi connectivity index (χ1) is 11.7. The van der Waals surface area contributed by atoms with Crippen LogP contribution in [0.25, 0.3) is 0 Å². The smallest absolute Gasteiger partial charge is 0.234 e. The molecule has 0 atom stereocenters. The lowest BCUT2D eigenvalue weighted by atomic mass is 10.0. The van der Waals surface area contributed by atoms with Gasteiger partial charge in [0.25, 0.3) is 0 Å². The van der Waals surface area contributed by atoms with Gasteiger partial charge in [0.2, 0.25) is 5.91 Å². The highest BCUT2D eigenvalue weighted by atomic mass is 32.2. The third-order valence-corrected chi connectivity index (χ3v) is 4.78. The number of para-hydroxylation sites is 1. The van der Waals surface area contributed by atoms with E-state index >= 15 is 0 Å². The number of hydrogen-bond acceptors (Lipinski definition) is 3. The van der Waals surface area contributed by atoms with Crippen LogP contribution in [0.3, 0.4) is 0 Å². The Kier molecular flexibility index (Phi) is 7.19. The van der Waals surface area contributed by atoms with Gasteiger partial charge in [0, 0.05) is 10.6 Å². The molecular formula is C20H25NO2S. The molecule has 1 amide bonds. The first-order valence-corrected chi connectivity index (χ1v) is 9.42. The largest absolute Gasteiger partial charge is 0.494 e. The average Bonchev–Trinajstić information content (AvgIpc) is 2.61. The molecule has 128 valence electrons. The summed E-state index contributed by atoms with van der Waals surface area (Å²) in [4.78, 5) is 13.4. The van der Waals surface area contributed by atoms with Crippen LogP contribution in [-0.2, 0) is 17.6 Å². The molecule has 2 rings (SSSR count). The second-order valence-corrected chi connectivity index (χ2v) is 6.45. The summed E-state index contributed by atoms with van der Waals surface area (Å²) in [7, 11) is 0. The van der Waals surface area contributed by atoms with E-state index < -0.39 is 0 Å². The van der Waals surface area contributed by atoms with Crippen LogP contribution in [0.5, 0.6) is 5.75 Å². The first-order valence-electron chi connectivity index (χ1n) is 8.44. The van der Waals surface area contributed by atoms with Crippen LogP contribution in [0.15, 0.2) is 47.4 Å². The number of benzene rings is 2. The van der Waals surface area contributed by atoms with Gasteiger partial charge in [-0.15, -0.1) is 11.8 Å². The van der Waals surface area contributed by atoms with Crippen molar-refractivity contribution in [3.8, 4) is 5.75 Å². The average molecular weight is 343 g/mol. The zero-order chi connectivity index (χ0) is 17.4. The third-order valence-electron chi connectivity index (χ3n) is 3.77. The maximum absolute atomic E-state index is 12.3. The maximum Gasteiger partial charge on any atom is 0.234 e. The van der Waals surface area contributed by atoms with Crippen molar-refractivity contribution in [1.82, 2.24) is 0 Å². The molecule has 0 radical (unpaired) electrons. The van der Waals surface area contributed by atoms with Gasteiger partial charge in [-0.25, -0.2) is 0 Å². The van der Waals surface area contributed by atoms with Gasteiger partial charge in [0.1, 0.15) is 5.75 Å². The van der Waals surface area contributed by atoms with E-state index in [2.05, 4.69) is 37.4 Å². The van der Waals surface area contributed by atoms with Crippen molar-refractivity contribution >= 4 is 23.4 Å². The molecule has 3 nitrogen and oxygen atoms in total. The Hall–Kier alpha value is -1.94. The lowest BCUT2D eigenvalue weighted by Crippen LogP contribution is -2.16. The lowest BCUT2D eigenvalue weighted by Gasteiger charge is -2.14. The van der Waals surface area contributed by atoms with E-state index in [0.29, 0.717) is 12.4 Å². The monoisotopic (exact) mass is 343 g/mol. The molecule has 0 aliphatic heterocycles. The standard InChI is InChI=1S/C20H25NO2S/c1-4-15-8-7-9-16(5-2)20(15)21-19(22)14-24-18-12-10-17(11-13-18)23-6-3/h7-13H,4-6,14H2,1-3H3,(H,21,22). The summed E-state index contributed by atoms with van der Waals surface area (Å²) in [5.74, 6) is 1.29. The third kappa shape index (κ3) is 5.03. The summed E-state index contributed by atoms with van der Waals surface area (Å²) in [5, 5.41) is 3.10. The summed E-state index contributed by atoms with van der Waals surface area (Å²) in [6.07, 6.45) is 1.82. The molecule has 0 heterocycles. The molecule has 0 unspecified atom stereocenters. The number of thioether (sulfide) groups is 1. The highest BCUT2D eigenvalue weighted by molar-refractivity contribution is 8.00. The number of hydrogen-bond donors (Lipinski definition) is 1. The van der Waals surface area contributed by atoms with E-state index in [1.54, 1.807) is 0 Å². The predicted molar refractivity (Wildman–Crippen MR) is 102 cm³/mol. The molecule has 2 aromatic rings. The second kappa shape index (κ2) is 9.38. The summed E-state index contributed by atoms with van der Waals surface area (Å²) in [6.45, 7) is 6.84. The molecule has 0 aliphatic carbocycles. The molecule has 4 heteroatoms. The van der Waals surface area contributed by atoms with Gasteiger partial charge in [0.15, 0.2) is 0 Å². The number of aryl methyl sites for hydroxylation is 2. The van der Waals surface area contributed by atoms with E-state index in [4.69, 9.17) is 4.74 Å². The van der Waals surface area contributed by atoms with Crippen LogP contribution < -0.4 is 10.1 Å². The van der Waals surface area contributed by atoms with E-state index in [1.807, 2.05) is 31.2 Å². The Morgan fingerprint density at radius 1 is 1.00 bits per heavy atom. The van der Waals surface area contributed by atoms with Crippen LogP contribution in [0.1, 0.15) is 31.9 Å². The Balaban J connectivity index is 1.96. The number of carbonyl (C=O) groups is 1. The van der Waals surface area contributed by atoms with Gasteiger partial charge in [-0.05, 0) is 55.2 Å². The van der Waals surface area contributed by atoms with E-state index in [1.165, 1.54) is 22.9 Å². The Morgan fingerprint density at radius 2 is 1.62 bits per heavy atom. The van der Waals surface area contributed by atoms with Crippen LogP contribution >= 0.6 is 11.8 Å². The Bertz CT molecular complexity index is 646. The van der Waals surface area contributed by atoms with Crippen molar-refractivity contribution in [3.63, 3.8) is 0 Å². The van der Waals surface area contributed by atoms with Crippen LogP contribution in [0, 0.1) is 0 Å². The fourth-order valence-electron chi connectivity index (χ4n) is 2.53. The number of rotatable bonds is 8. The summed E-state index contributed by atoms with van der Waals surface area (Å²) < 4.78 is 5.43. The number of ether oxygens (including phenoxy) is 1. The first kappa shape index (κ1) is 18.4. The maximum atomic E-state index is 12.3. The topological polar surface area (TPSA) is 38.3 Å². The highest BCUT2D eigenvalue weighted by Crippen LogP contribution is 2.25. The lowest BCUT2D eigenvalue weighted by molar-refractivity contribution is -0.113. The van der Waals surface area contributed by atoms with Gasteiger partial charge in [0.05, 0.1) is 12.4 Å². The van der Waals surface area contributed by atoms with Crippen molar-refractivity contribution in [2.24, 2.45) is 0 Å². The zero-order valence-corrected chi connectivity index (χ0v) is 15.4. The number of nitrogens with one attached hydrogen (secondary N) is 1. The minimum Gasteiger partial charge on any atom is -0.494 e. The normalized spacial score (nSPS) is 10.5. The van der Waals surface area contributed by atoms with Crippen molar-refractivity contribution in [2.75, 3.05) is 17.7 Å². The van der Waals surface area contributed by atoms with Gasteiger partial charge in [-0.3, -0.25) is 4.79 Å². The Morgan fingerprint density at radius 3 is 2.17 bits per heavy atom. The number of carbonyl (C=O) groups excluding carboxylic acids is 1. The predicted octanol–water partition coefficient (Wildman–Crippen LogP) is 4.94. The SMILES string of the molecule is CCOc1ccc(SCC(=O)Nc2c(CC)cccc2CC)cc1. The fourth-order valence-corrected chi connectivity index (χ4v) is 3.22. The molecule has 1 N–H and O–H groups in total. The molecule has 0 spiro atoms. The summed E-state index contributed by atoms with van der Waals surface area (Å²) >= 11 is 1.53. The van der Waals surface area contributed by atoms with E-state index in [-0.39, 0.29) is 5.91 Å². The summed E-state index contributed by atoms with van der Waals surface area (Å²) in [6, 6.07) is 14.1. The Labute approximate surface area is 148 Å². The van der Waals surface area contributed by atoms with Gasteiger partial charge in [-0.2, -0.15) is 0 Å². The van der Waals surface area contributed by atoms with Crippen molar-refractivity contribution in [3.05, 3.63) is 53.6 Å². The summed E-state index contributed by atoms with van der Waals surface area (Å²) in [5.41, 5.74) is 3.36. The van der Waals surface area contributed by atoms with Gasteiger partial charge < -0.3 is 10.1 Å². The van der Waals surface area contributed by atoms with Gasteiger partial charge in [-0.1, -0.05) is 32.0 Å². The molecule has 0 saturated heterocycles.